The number of alkyl halides is 3. The van der Waals surface area contributed by atoms with E-state index in [1.807, 2.05) is 0 Å². The molecule has 2 atom stereocenters. The van der Waals surface area contributed by atoms with Crippen LogP contribution in [0, 0.1) is 0 Å². The maximum atomic E-state index is 13.4. The van der Waals surface area contributed by atoms with Crippen molar-refractivity contribution in [2.24, 2.45) is 10.3 Å². The number of rotatable bonds is 13. The van der Waals surface area contributed by atoms with Crippen molar-refractivity contribution < 1.29 is 57.4 Å². The van der Waals surface area contributed by atoms with Crippen LogP contribution < -0.4 is 10.6 Å². The third-order valence-electron chi connectivity index (χ3n) is 7.11. The minimum Gasteiger partial charge on any atom is -0.477 e. The molecule has 5 rings (SSSR count). The topological polar surface area (TPSA) is 264 Å². The summed E-state index contributed by atoms with van der Waals surface area (Å²) >= 11 is 2.68. The molecule has 0 radical (unpaired) electrons. The average Bonchev–Trinajstić information content (AvgIpc) is 3.83. The van der Waals surface area contributed by atoms with E-state index in [1.165, 1.54) is 5.38 Å². The number of nitrogens with zero attached hydrogens (tertiary/aromatic N) is 8. The van der Waals surface area contributed by atoms with Crippen LogP contribution in [0.25, 0.3) is 0 Å². The molecular weight excluding hydrogens is 726 g/mol. The molecule has 1 aliphatic carbocycles. The number of nitrogens with one attached hydrogen (secondary N) is 2. The Morgan fingerprint density at radius 3 is 2.57 bits per heavy atom. The average molecular weight is 749 g/mol. The summed E-state index contributed by atoms with van der Waals surface area (Å²) in [7, 11) is 0. The Bertz CT molecular complexity index is 1760. The fraction of sp³-hybridized carbons (Fsp3) is 0.458. The van der Waals surface area contributed by atoms with Gasteiger partial charge < -0.3 is 25.6 Å². The number of oxime groups is 2. The SMILES string of the molecule is O=C(O)C1=C(CSc2nnnn2C/C(=N\O)C(=O)O)CS[C@@H]2C(NC(=O)/C(=N\OC3CCCC3)c3csc(NC(=O)C(F)(F)F)n3)C(=O)N12. The van der Waals surface area contributed by atoms with Crippen molar-refractivity contribution in [3.63, 3.8) is 0 Å². The van der Waals surface area contributed by atoms with Crippen LogP contribution in [0.4, 0.5) is 18.3 Å². The second-order valence-corrected chi connectivity index (χ2v) is 13.2. The minimum atomic E-state index is -5.18. The first-order valence-corrected chi connectivity index (χ1v) is 16.8. The molecule has 2 aliphatic heterocycles. The Labute approximate surface area is 284 Å². The molecule has 1 saturated heterocycles. The third kappa shape index (κ3) is 7.93. The second-order valence-electron chi connectivity index (χ2n) is 10.3. The first-order chi connectivity index (χ1) is 23.3. The van der Waals surface area contributed by atoms with E-state index in [0.29, 0.717) is 29.8 Å². The van der Waals surface area contributed by atoms with E-state index in [9.17, 15) is 42.3 Å². The first-order valence-electron chi connectivity index (χ1n) is 13.9. The van der Waals surface area contributed by atoms with Crippen LogP contribution >= 0.6 is 34.9 Å². The lowest BCUT2D eigenvalue weighted by Crippen LogP contribution is -2.71. The number of aromatic nitrogens is 5. The number of β-lactam (4-membered cyclic amide) rings is 1. The van der Waals surface area contributed by atoms with Gasteiger partial charge in [-0.15, -0.1) is 28.2 Å². The van der Waals surface area contributed by atoms with Gasteiger partial charge in [0.2, 0.25) is 5.16 Å². The van der Waals surface area contributed by atoms with E-state index >= 15 is 0 Å². The van der Waals surface area contributed by atoms with Gasteiger partial charge in [-0.25, -0.2) is 19.3 Å². The fourth-order valence-electron chi connectivity index (χ4n) is 4.77. The summed E-state index contributed by atoms with van der Waals surface area (Å²) < 4.78 is 39.2. The molecule has 0 bridgehead atoms. The smallest absolute Gasteiger partial charge is 0.471 e. The lowest BCUT2D eigenvalue weighted by atomic mass is 10.0. The largest absolute Gasteiger partial charge is 0.477 e. The van der Waals surface area contributed by atoms with Gasteiger partial charge in [-0.05, 0) is 41.7 Å². The van der Waals surface area contributed by atoms with Crippen molar-refractivity contribution in [2.75, 3.05) is 16.8 Å². The van der Waals surface area contributed by atoms with E-state index in [1.54, 1.807) is 5.32 Å². The van der Waals surface area contributed by atoms with Crippen LogP contribution in [0.2, 0.25) is 0 Å². The molecule has 0 spiro atoms. The van der Waals surface area contributed by atoms with E-state index in [2.05, 4.69) is 36.1 Å². The number of thioether (sulfide) groups is 2. The molecule has 1 unspecified atom stereocenters. The molecule has 262 valence electrons. The number of hydrogen-bond donors (Lipinski definition) is 5. The van der Waals surface area contributed by atoms with E-state index in [-0.39, 0.29) is 34.2 Å². The van der Waals surface area contributed by atoms with Crippen LogP contribution in [0.1, 0.15) is 31.4 Å². The number of carbonyl (C=O) groups excluding carboxylic acids is 3. The molecule has 5 N–H and O–H groups in total. The van der Waals surface area contributed by atoms with E-state index < -0.39 is 70.4 Å². The minimum absolute atomic E-state index is 0.0342. The first kappa shape index (κ1) is 35.5. The highest BCUT2D eigenvalue weighted by molar-refractivity contribution is 8.01. The van der Waals surface area contributed by atoms with Crippen LogP contribution in [-0.4, -0.2) is 122 Å². The molecule has 0 aromatic carbocycles. The normalized spacial score (nSPS) is 20.1. The summed E-state index contributed by atoms with van der Waals surface area (Å²) in [4.78, 5) is 71.9. The molecule has 2 fully saturated rings. The molecule has 4 heterocycles. The monoisotopic (exact) mass is 748 g/mol. The number of halogens is 3. The van der Waals surface area contributed by atoms with Crippen molar-refractivity contribution in [3.8, 4) is 0 Å². The van der Waals surface area contributed by atoms with Gasteiger partial charge in [0.15, 0.2) is 16.6 Å². The van der Waals surface area contributed by atoms with Gasteiger partial charge in [0.1, 0.15) is 28.9 Å². The van der Waals surface area contributed by atoms with Crippen molar-refractivity contribution in [2.45, 2.75) is 61.1 Å². The summed E-state index contributed by atoms with van der Waals surface area (Å²) in [5.74, 6) is -6.89. The second kappa shape index (κ2) is 14.8. The maximum absolute atomic E-state index is 13.4. The predicted molar refractivity (Wildman–Crippen MR) is 162 cm³/mol. The maximum Gasteiger partial charge on any atom is 0.471 e. The van der Waals surface area contributed by atoms with Crippen molar-refractivity contribution in [3.05, 3.63) is 22.3 Å². The van der Waals surface area contributed by atoms with Crippen LogP contribution in [-0.2, 0) is 35.4 Å². The third-order valence-corrected chi connectivity index (χ3v) is 10.3. The number of tetrazole rings is 1. The zero-order valence-electron chi connectivity index (χ0n) is 24.5. The quantitative estimate of drug-likeness (QED) is 0.0622. The number of carboxylic acids is 2. The standard InChI is InChI=1S/C24H23F3N10O9S3/c25-24(26,27)21(44)30-22-28-12(8-48-22)13(33-46-10-3-1-2-4-10)16(38)29-14-17(39)37-15(20(42)43)9(6-47-18(14)37)7-49-23-31-34-35-36(23)5-11(32-45)19(40)41/h8,10,14,18,45H,1-7H2,(H,29,38)(H,40,41)(H,42,43)(H,28,30,44)/b32-11+,33-13-/t14?,18-/m1/s1. The Balaban J connectivity index is 1.30. The molecule has 2 aromatic rings. The lowest BCUT2D eigenvalue weighted by Gasteiger charge is -2.49. The number of thiazole rings is 1. The number of aliphatic carboxylic acids is 2. The highest BCUT2D eigenvalue weighted by atomic mass is 32.2. The van der Waals surface area contributed by atoms with Crippen LogP contribution in [0.3, 0.4) is 0 Å². The van der Waals surface area contributed by atoms with Gasteiger partial charge >= 0.3 is 24.0 Å². The van der Waals surface area contributed by atoms with Gasteiger partial charge in [-0.3, -0.25) is 24.6 Å². The van der Waals surface area contributed by atoms with Gasteiger partial charge in [0.25, 0.3) is 11.8 Å². The summed E-state index contributed by atoms with van der Waals surface area (Å²) in [6.07, 6.45) is -2.49. The Morgan fingerprint density at radius 1 is 1.18 bits per heavy atom. The van der Waals surface area contributed by atoms with E-state index in [0.717, 1.165) is 45.9 Å². The predicted octanol–water partition coefficient (Wildman–Crippen LogP) is 0.739. The van der Waals surface area contributed by atoms with Crippen molar-refractivity contribution in [1.82, 2.24) is 35.4 Å². The highest BCUT2D eigenvalue weighted by Gasteiger charge is 2.54. The number of amides is 3. The fourth-order valence-corrected chi connectivity index (χ4v) is 7.82. The molecule has 3 amide bonds. The number of carboxylic acid groups (broad SMARTS) is 2. The molecule has 2 aromatic heterocycles. The molecular formula is C24H23F3N10O9S3. The summed E-state index contributed by atoms with van der Waals surface area (Å²) in [5, 5.41) is 49.5. The van der Waals surface area contributed by atoms with Crippen LogP contribution in [0.15, 0.2) is 32.1 Å². The Morgan fingerprint density at radius 2 is 1.92 bits per heavy atom. The van der Waals surface area contributed by atoms with Crippen molar-refractivity contribution in [1.29, 1.82) is 0 Å². The van der Waals surface area contributed by atoms with E-state index in [4.69, 9.17) is 15.2 Å². The van der Waals surface area contributed by atoms with Gasteiger partial charge in [0, 0.05) is 16.9 Å². The zero-order valence-corrected chi connectivity index (χ0v) is 26.9. The molecule has 49 heavy (non-hydrogen) atoms. The summed E-state index contributed by atoms with van der Waals surface area (Å²) in [5.41, 5.74) is -1.40. The lowest BCUT2D eigenvalue weighted by molar-refractivity contribution is -0.167. The summed E-state index contributed by atoms with van der Waals surface area (Å²) in [6.45, 7) is -0.490. The Hall–Kier alpha value is -4.78. The van der Waals surface area contributed by atoms with Crippen molar-refractivity contribution >= 4 is 81.1 Å². The Kier molecular flexibility index (Phi) is 10.7. The molecule has 25 heteroatoms. The molecule has 19 nitrogen and oxygen atoms in total. The van der Waals surface area contributed by atoms with Gasteiger partial charge in [-0.2, -0.15) is 13.2 Å². The number of anilines is 1. The molecule has 3 aliphatic rings. The van der Waals surface area contributed by atoms with Crippen LogP contribution in [0.5, 0.6) is 0 Å². The summed E-state index contributed by atoms with van der Waals surface area (Å²) in [6, 6.07) is -1.22. The van der Waals surface area contributed by atoms with Gasteiger partial charge in [-0.1, -0.05) is 22.1 Å². The number of fused-ring (bicyclic) bond motifs is 1. The molecule has 1 saturated carbocycles. The zero-order chi connectivity index (χ0) is 35.5. The highest BCUT2D eigenvalue weighted by Crippen LogP contribution is 2.41. The van der Waals surface area contributed by atoms with Gasteiger partial charge in [0.05, 0.1) is 6.54 Å². The number of carbonyl (C=O) groups is 5. The number of hydrogen-bond acceptors (Lipinski definition) is 16.